The lowest BCUT2D eigenvalue weighted by Crippen LogP contribution is -1.84. The largest absolute Gasteiger partial charge is 0.0826 e. The highest BCUT2D eigenvalue weighted by Gasteiger charge is 2.24. The van der Waals surface area contributed by atoms with Gasteiger partial charge in [-0.2, -0.15) is 0 Å². The van der Waals surface area contributed by atoms with Crippen LogP contribution in [0.1, 0.15) is 11.1 Å². The van der Waals surface area contributed by atoms with E-state index >= 15 is 0 Å². The molecule has 3 rings (SSSR count). The molecule has 0 N–H and O–H groups in total. The minimum atomic E-state index is 0.601. The summed E-state index contributed by atoms with van der Waals surface area (Å²) in [5.41, 5.74) is 4.82. The summed E-state index contributed by atoms with van der Waals surface area (Å²) in [6, 6.07) is 10.2. The van der Waals surface area contributed by atoms with E-state index in [1.54, 1.807) is 0 Å². The van der Waals surface area contributed by atoms with Crippen LogP contribution in [0, 0.1) is 0 Å². The predicted octanol–water partition coefficient (Wildman–Crippen LogP) is 5.33. The number of hydrogen-bond donors (Lipinski definition) is 0. The van der Waals surface area contributed by atoms with E-state index < -0.39 is 0 Å². The Morgan fingerprint density at radius 2 is 1.88 bits per heavy atom. The standard InChI is InChI=1S/C13H7BrCl2/c14-10-6-11(15)13(16)12-8-4-2-1-3-7(8)5-9(10)12/h1-4,6H,5H2. The fourth-order valence-electron chi connectivity index (χ4n) is 2.20. The summed E-state index contributed by atoms with van der Waals surface area (Å²) < 4.78 is 1.04. The van der Waals surface area contributed by atoms with Crippen LogP contribution in [0.15, 0.2) is 34.8 Å². The zero-order valence-electron chi connectivity index (χ0n) is 8.23. The van der Waals surface area contributed by atoms with Crippen molar-refractivity contribution in [3.63, 3.8) is 0 Å². The lowest BCUT2D eigenvalue weighted by Gasteiger charge is -2.07. The van der Waals surface area contributed by atoms with Gasteiger partial charge < -0.3 is 0 Å². The van der Waals surface area contributed by atoms with Gasteiger partial charge in [-0.05, 0) is 29.2 Å². The molecule has 1 aliphatic rings. The molecule has 80 valence electrons. The summed E-state index contributed by atoms with van der Waals surface area (Å²) in [5, 5.41) is 1.26. The molecule has 0 aromatic heterocycles. The van der Waals surface area contributed by atoms with Crippen molar-refractivity contribution in [3.05, 3.63) is 56.0 Å². The third-order valence-electron chi connectivity index (χ3n) is 2.93. The molecule has 0 nitrogen and oxygen atoms in total. The first-order valence-corrected chi connectivity index (χ1v) is 6.48. The van der Waals surface area contributed by atoms with E-state index in [1.165, 1.54) is 16.7 Å². The Labute approximate surface area is 112 Å². The Balaban J connectivity index is 2.39. The second-order valence-electron chi connectivity index (χ2n) is 3.84. The van der Waals surface area contributed by atoms with Crippen LogP contribution in [-0.2, 0) is 6.42 Å². The Hall–Kier alpha value is -0.500. The number of benzene rings is 2. The monoisotopic (exact) mass is 312 g/mol. The molecule has 0 atom stereocenters. The van der Waals surface area contributed by atoms with Crippen molar-refractivity contribution in [2.24, 2.45) is 0 Å². The molecule has 0 saturated carbocycles. The molecule has 1 aliphatic carbocycles. The van der Waals surface area contributed by atoms with Gasteiger partial charge in [-0.15, -0.1) is 0 Å². The van der Waals surface area contributed by atoms with Crippen molar-refractivity contribution in [1.29, 1.82) is 0 Å². The first-order chi connectivity index (χ1) is 7.68. The van der Waals surface area contributed by atoms with Crippen molar-refractivity contribution >= 4 is 39.1 Å². The molecule has 16 heavy (non-hydrogen) atoms. The lowest BCUT2D eigenvalue weighted by atomic mass is 10.1. The predicted molar refractivity (Wildman–Crippen MR) is 72.4 cm³/mol. The Bertz CT molecular complexity index is 591. The normalized spacial score (nSPS) is 12.4. The van der Waals surface area contributed by atoms with Crippen molar-refractivity contribution in [1.82, 2.24) is 0 Å². The Kier molecular flexibility index (Phi) is 2.50. The average molecular weight is 314 g/mol. The van der Waals surface area contributed by atoms with E-state index in [9.17, 15) is 0 Å². The van der Waals surface area contributed by atoms with Crippen molar-refractivity contribution in [3.8, 4) is 11.1 Å². The molecule has 0 fully saturated rings. The number of rotatable bonds is 0. The molecule has 0 saturated heterocycles. The van der Waals surface area contributed by atoms with Crippen LogP contribution in [0.2, 0.25) is 10.0 Å². The fraction of sp³-hybridized carbons (Fsp3) is 0.0769. The van der Waals surface area contributed by atoms with Crippen LogP contribution < -0.4 is 0 Å². The highest BCUT2D eigenvalue weighted by Crippen LogP contribution is 2.46. The van der Waals surface area contributed by atoms with E-state index in [1.807, 2.05) is 18.2 Å². The summed E-state index contributed by atoms with van der Waals surface area (Å²) >= 11 is 15.9. The maximum absolute atomic E-state index is 6.29. The van der Waals surface area contributed by atoms with Crippen LogP contribution in [-0.4, -0.2) is 0 Å². The van der Waals surface area contributed by atoms with Gasteiger partial charge in [-0.25, -0.2) is 0 Å². The first kappa shape index (κ1) is 10.6. The average Bonchev–Trinajstić information content (AvgIpc) is 2.66. The molecule has 0 aliphatic heterocycles. The quantitative estimate of drug-likeness (QED) is 0.492. The molecule has 0 bridgehead atoms. The van der Waals surface area contributed by atoms with E-state index in [0.717, 1.165) is 16.5 Å². The number of halogens is 3. The zero-order valence-corrected chi connectivity index (χ0v) is 11.3. The topological polar surface area (TPSA) is 0 Å². The number of hydrogen-bond acceptors (Lipinski definition) is 0. The summed E-state index contributed by atoms with van der Waals surface area (Å²) in [7, 11) is 0. The third kappa shape index (κ3) is 1.42. The lowest BCUT2D eigenvalue weighted by molar-refractivity contribution is 1.25. The molecule has 0 unspecified atom stereocenters. The highest BCUT2D eigenvalue weighted by molar-refractivity contribution is 9.10. The minimum Gasteiger partial charge on any atom is -0.0826 e. The second kappa shape index (κ2) is 3.76. The van der Waals surface area contributed by atoms with E-state index in [4.69, 9.17) is 23.2 Å². The van der Waals surface area contributed by atoms with Crippen LogP contribution >= 0.6 is 39.1 Å². The summed E-state index contributed by atoms with van der Waals surface area (Å²) in [4.78, 5) is 0. The van der Waals surface area contributed by atoms with Crippen molar-refractivity contribution < 1.29 is 0 Å². The van der Waals surface area contributed by atoms with Crippen LogP contribution in [0.4, 0.5) is 0 Å². The summed E-state index contributed by atoms with van der Waals surface area (Å²) in [5.74, 6) is 0. The third-order valence-corrected chi connectivity index (χ3v) is 4.42. The van der Waals surface area contributed by atoms with Crippen LogP contribution in [0.5, 0.6) is 0 Å². The van der Waals surface area contributed by atoms with E-state index in [-0.39, 0.29) is 0 Å². The first-order valence-electron chi connectivity index (χ1n) is 4.93. The van der Waals surface area contributed by atoms with Gasteiger partial charge in [0.05, 0.1) is 10.0 Å². The molecule has 0 amide bonds. The summed E-state index contributed by atoms with van der Waals surface area (Å²) in [6.07, 6.45) is 0.920. The Morgan fingerprint density at radius 1 is 1.12 bits per heavy atom. The maximum Gasteiger partial charge on any atom is 0.0674 e. The van der Waals surface area contributed by atoms with Gasteiger partial charge in [0.15, 0.2) is 0 Å². The van der Waals surface area contributed by atoms with Crippen molar-refractivity contribution in [2.75, 3.05) is 0 Å². The van der Waals surface area contributed by atoms with Gasteiger partial charge >= 0.3 is 0 Å². The highest BCUT2D eigenvalue weighted by atomic mass is 79.9. The SMILES string of the molecule is Clc1cc(Br)c2c(c1Cl)-c1ccccc1C2. The maximum atomic E-state index is 6.29. The molecule has 2 aromatic rings. The molecule has 0 radical (unpaired) electrons. The zero-order chi connectivity index (χ0) is 11.3. The second-order valence-corrected chi connectivity index (χ2v) is 5.48. The minimum absolute atomic E-state index is 0.601. The number of fused-ring (bicyclic) bond motifs is 3. The van der Waals surface area contributed by atoms with Gasteiger partial charge in [0, 0.05) is 10.0 Å². The van der Waals surface area contributed by atoms with Gasteiger partial charge in [0.1, 0.15) is 0 Å². The van der Waals surface area contributed by atoms with Gasteiger partial charge in [0.25, 0.3) is 0 Å². The van der Waals surface area contributed by atoms with E-state index in [2.05, 4.69) is 28.1 Å². The van der Waals surface area contributed by atoms with E-state index in [0.29, 0.717) is 10.0 Å². The molecule has 2 aromatic carbocycles. The molecule has 0 spiro atoms. The molecule has 0 heterocycles. The molecule has 3 heteroatoms. The van der Waals surface area contributed by atoms with Gasteiger partial charge in [-0.3, -0.25) is 0 Å². The van der Waals surface area contributed by atoms with Crippen molar-refractivity contribution in [2.45, 2.75) is 6.42 Å². The van der Waals surface area contributed by atoms with Crippen LogP contribution in [0.25, 0.3) is 11.1 Å². The molecular weight excluding hydrogens is 307 g/mol. The smallest absolute Gasteiger partial charge is 0.0674 e. The fourth-order valence-corrected chi connectivity index (χ4v) is 3.37. The van der Waals surface area contributed by atoms with Gasteiger partial charge in [0.2, 0.25) is 0 Å². The van der Waals surface area contributed by atoms with Crippen LogP contribution in [0.3, 0.4) is 0 Å². The Morgan fingerprint density at radius 3 is 2.69 bits per heavy atom. The summed E-state index contributed by atoms with van der Waals surface area (Å²) in [6.45, 7) is 0. The molecular formula is C13H7BrCl2. The van der Waals surface area contributed by atoms with Gasteiger partial charge in [-0.1, -0.05) is 63.4 Å².